The normalized spacial score (nSPS) is 31.7. The predicted octanol–water partition coefficient (Wildman–Crippen LogP) is 3.67. The molecule has 1 N–H and O–H groups in total. The number of hydrogen-bond acceptors (Lipinski definition) is 2. The van der Waals surface area contributed by atoms with Crippen molar-refractivity contribution < 1.29 is 0 Å². The largest absolute Gasteiger partial charge is 0.312 e. The smallest absolute Gasteiger partial charge is 0.0223 e. The molecule has 0 aromatic heterocycles. The van der Waals surface area contributed by atoms with E-state index >= 15 is 0 Å². The number of nitrogens with one attached hydrogen (secondary N) is 1. The average molecular weight is 266 g/mol. The molecule has 3 unspecified atom stereocenters. The van der Waals surface area contributed by atoms with E-state index in [-0.39, 0.29) is 0 Å². The number of rotatable bonds is 6. The van der Waals surface area contributed by atoms with Crippen molar-refractivity contribution in [1.29, 1.82) is 0 Å². The van der Waals surface area contributed by atoms with Gasteiger partial charge in [-0.1, -0.05) is 33.1 Å². The van der Waals surface area contributed by atoms with Gasteiger partial charge < -0.3 is 5.32 Å². The molecule has 3 atom stereocenters. The second kappa shape index (κ2) is 7.64. The molecule has 0 aromatic carbocycles. The molecule has 2 aliphatic rings. The van der Waals surface area contributed by atoms with Gasteiger partial charge in [-0.3, -0.25) is 4.90 Å². The van der Waals surface area contributed by atoms with Crippen LogP contribution in [0.25, 0.3) is 0 Å². The van der Waals surface area contributed by atoms with Crippen LogP contribution in [0.5, 0.6) is 0 Å². The molecule has 2 fully saturated rings. The molecule has 112 valence electrons. The summed E-state index contributed by atoms with van der Waals surface area (Å²) in [5, 5.41) is 3.86. The van der Waals surface area contributed by atoms with Crippen LogP contribution < -0.4 is 5.32 Å². The monoisotopic (exact) mass is 266 g/mol. The summed E-state index contributed by atoms with van der Waals surface area (Å²) in [5.41, 5.74) is 0. The van der Waals surface area contributed by atoms with E-state index in [4.69, 9.17) is 0 Å². The van der Waals surface area contributed by atoms with Gasteiger partial charge in [-0.15, -0.1) is 0 Å². The van der Waals surface area contributed by atoms with E-state index in [1.807, 2.05) is 0 Å². The summed E-state index contributed by atoms with van der Waals surface area (Å²) < 4.78 is 0. The van der Waals surface area contributed by atoms with Crippen molar-refractivity contribution in [2.75, 3.05) is 19.6 Å². The lowest BCUT2D eigenvalue weighted by molar-refractivity contribution is 0.177. The van der Waals surface area contributed by atoms with Crippen molar-refractivity contribution in [3.63, 3.8) is 0 Å². The Balaban J connectivity index is 1.88. The summed E-state index contributed by atoms with van der Waals surface area (Å²) in [6, 6.07) is 1.54. The van der Waals surface area contributed by atoms with Crippen LogP contribution in [0.4, 0.5) is 0 Å². The Morgan fingerprint density at radius 1 is 1.16 bits per heavy atom. The molecule has 0 radical (unpaired) electrons. The molecule has 19 heavy (non-hydrogen) atoms. The summed E-state index contributed by atoms with van der Waals surface area (Å²) in [6.07, 6.45) is 9.95. The van der Waals surface area contributed by atoms with Gasteiger partial charge in [-0.2, -0.15) is 0 Å². The zero-order valence-corrected chi connectivity index (χ0v) is 13.3. The molecular weight excluding hydrogens is 232 g/mol. The Labute approximate surface area is 120 Å². The van der Waals surface area contributed by atoms with Crippen LogP contribution in [0.15, 0.2) is 0 Å². The fraction of sp³-hybridized carbons (Fsp3) is 1.00. The molecule has 2 heteroatoms. The molecule has 1 saturated carbocycles. The predicted molar refractivity (Wildman–Crippen MR) is 83.5 cm³/mol. The summed E-state index contributed by atoms with van der Waals surface area (Å²) in [5.74, 6) is 1.83. The molecule has 1 heterocycles. The Morgan fingerprint density at radius 2 is 1.89 bits per heavy atom. The standard InChI is InChI=1S/C17H34N2/c1-4-10-18-17(16-8-6-5-7-9-16)13-19-12-14(2)11-15(19)3/h14-18H,4-13H2,1-3H3. The first kappa shape index (κ1) is 15.3. The maximum absolute atomic E-state index is 3.86. The lowest BCUT2D eigenvalue weighted by atomic mass is 9.83. The Morgan fingerprint density at radius 3 is 2.47 bits per heavy atom. The Kier molecular flexibility index (Phi) is 6.15. The van der Waals surface area contributed by atoms with Crippen molar-refractivity contribution in [2.24, 2.45) is 11.8 Å². The first-order valence-corrected chi connectivity index (χ1v) is 8.68. The maximum Gasteiger partial charge on any atom is 0.0223 e. The molecule has 0 bridgehead atoms. The van der Waals surface area contributed by atoms with Crippen LogP contribution in [0.2, 0.25) is 0 Å². The maximum atomic E-state index is 3.86. The highest BCUT2D eigenvalue weighted by Gasteiger charge is 2.31. The highest BCUT2D eigenvalue weighted by molar-refractivity contribution is 4.87. The topological polar surface area (TPSA) is 15.3 Å². The highest BCUT2D eigenvalue weighted by atomic mass is 15.2. The third-order valence-electron chi connectivity index (χ3n) is 5.22. The van der Waals surface area contributed by atoms with Crippen LogP contribution in [0, 0.1) is 11.8 Å². The second-order valence-corrected chi connectivity index (χ2v) is 7.10. The fourth-order valence-electron chi connectivity index (χ4n) is 4.14. The highest BCUT2D eigenvalue weighted by Crippen LogP contribution is 2.29. The van der Waals surface area contributed by atoms with Gasteiger partial charge in [-0.05, 0) is 51.0 Å². The van der Waals surface area contributed by atoms with Gasteiger partial charge in [0, 0.05) is 25.2 Å². The summed E-state index contributed by atoms with van der Waals surface area (Å²) in [6.45, 7) is 10.9. The third kappa shape index (κ3) is 4.46. The Hall–Kier alpha value is -0.0800. The summed E-state index contributed by atoms with van der Waals surface area (Å²) in [4.78, 5) is 2.74. The van der Waals surface area contributed by atoms with Gasteiger partial charge in [0.05, 0.1) is 0 Å². The molecule has 1 aliphatic heterocycles. The van der Waals surface area contributed by atoms with E-state index in [0.29, 0.717) is 0 Å². The zero-order valence-electron chi connectivity index (χ0n) is 13.3. The van der Waals surface area contributed by atoms with Gasteiger partial charge in [0.2, 0.25) is 0 Å². The molecule has 2 rings (SSSR count). The van der Waals surface area contributed by atoms with Gasteiger partial charge in [0.15, 0.2) is 0 Å². The van der Waals surface area contributed by atoms with Crippen molar-refractivity contribution in [2.45, 2.75) is 77.8 Å². The van der Waals surface area contributed by atoms with Crippen LogP contribution in [0.1, 0.15) is 65.7 Å². The average Bonchev–Trinajstić information content (AvgIpc) is 2.73. The van der Waals surface area contributed by atoms with Gasteiger partial charge in [0.1, 0.15) is 0 Å². The lowest BCUT2D eigenvalue weighted by Crippen LogP contribution is -2.47. The molecule has 1 aliphatic carbocycles. The second-order valence-electron chi connectivity index (χ2n) is 7.10. The van der Waals surface area contributed by atoms with Crippen molar-refractivity contribution in [1.82, 2.24) is 10.2 Å². The van der Waals surface area contributed by atoms with Crippen LogP contribution >= 0.6 is 0 Å². The SMILES string of the molecule is CCCNC(CN1CC(C)CC1C)C1CCCCC1. The van der Waals surface area contributed by atoms with E-state index in [1.54, 1.807) is 0 Å². The summed E-state index contributed by atoms with van der Waals surface area (Å²) >= 11 is 0. The third-order valence-corrected chi connectivity index (χ3v) is 5.22. The van der Waals surface area contributed by atoms with E-state index in [0.717, 1.165) is 23.9 Å². The van der Waals surface area contributed by atoms with Gasteiger partial charge in [0.25, 0.3) is 0 Å². The van der Waals surface area contributed by atoms with Crippen LogP contribution in [-0.2, 0) is 0 Å². The molecule has 0 spiro atoms. The van der Waals surface area contributed by atoms with E-state index in [1.165, 1.54) is 64.6 Å². The van der Waals surface area contributed by atoms with E-state index < -0.39 is 0 Å². The van der Waals surface area contributed by atoms with Crippen LogP contribution in [-0.4, -0.2) is 36.6 Å². The molecule has 2 nitrogen and oxygen atoms in total. The molecule has 1 saturated heterocycles. The first-order valence-electron chi connectivity index (χ1n) is 8.68. The van der Waals surface area contributed by atoms with Crippen molar-refractivity contribution >= 4 is 0 Å². The van der Waals surface area contributed by atoms with E-state index in [2.05, 4.69) is 31.0 Å². The van der Waals surface area contributed by atoms with Gasteiger partial charge in [-0.25, -0.2) is 0 Å². The zero-order chi connectivity index (χ0) is 13.7. The number of nitrogens with zero attached hydrogens (tertiary/aromatic N) is 1. The van der Waals surface area contributed by atoms with Crippen molar-refractivity contribution in [3.8, 4) is 0 Å². The minimum atomic E-state index is 0.744. The summed E-state index contributed by atoms with van der Waals surface area (Å²) in [7, 11) is 0. The Bertz CT molecular complexity index is 248. The molecule has 0 amide bonds. The minimum absolute atomic E-state index is 0.744. The van der Waals surface area contributed by atoms with Gasteiger partial charge >= 0.3 is 0 Å². The van der Waals surface area contributed by atoms with E-state index in [9.17, 15) is 0 Å². The molecular formula is C17H34N2. The quantitative estimate of drug-likeness (QED) is 0.789. The minimum Gasteiger partial charge on any atom is -0.312 e. The van der Waals surface area contributed by atoms with Crippen LogP contribution in [0.3, 0.4) is 0 Å². The fourth-order valence-corrected chi connectivity index (χ4v) is 4.14. The number of hydrogen-bond donors (Lipinski definition) is 1. The number of likely N-dealkylation sites (tertiary alicyclic amines) is 1. The molecule has 0 aromatic rings. The lowest BCUT2D eigenvalue weighted by Gasteiger charge is -2.35. The first-order chi connectivity index (χ1) is 9.20. The van der Waals surface area contributed by atoms with Crippen molar-refractivity contribution in [3.05, 3.63) is 0 Å².